The number of allylic oxidation sites excluding steroid dienone is 6. The topological polar surface area (TPSA) is 225 Å². The van der Waals surface area contributed by atoms with E-state index in [2.05, 4.69) is 0 Å². The zero-order valence-electron chi connectivity index (χ0n) is 45.1. The number of hydrogen-bond acceptors (Lipinski definition) is 15. The van der Waals surface area contributed by atoms with Crippen molar-refractivity contribution in [1.29, 1.82) is 0 Å². The van der Waals surface area contributed by atoms with Crippen LogP contribution in [0.4, 0.5) is 0 Å². The number of aliphatic hydroxyl groups excluding tert-OH is 3. The molecule has 4 aliphatic rings. The number of fused-ring (bicyclic) bond motifs is 3. The third kappa shape index (κ3) is 16.3. The molecule has 1 saturated carbocycles. The highest BCUT2D eigenvalue weighted by Crippen LogP contribution is 2.38. The maximum atomic E-state index is 14.5. The molecule has 4 rings (SSSR count). The molecule has 0 aromatic carbocycles. The first-order valence-corrected chi connectivity index (χ1v) is 26.4. The van der Waals surface area contributed by atoms with E-state index in [0.29, 0.717) is 63.4 Å². The minimum atomic E-state index is -2.45. The molecule has 0 unspecified atom stereocenters. The summed E-state index contributed by atoms with van der Waals surface area (Å²) in [6.45, 7) is 14.1. The molecule has 2 bridgehead atoms. The van der Waals surface area contributed by atoms with Crippen LogP contribution in [0.3, 0.4) is 0 Å². The fourth-order valence-electron chi connectivity index (χ4n) is 10.7. The van der Waals surface area contributed by atoms with Gasteiger partial charge in [-0.05, 0) is 107 Å². The minimum Gasteiger partial charge on any atom is -0.460 e. The van der Waals surface area contributed by atoms with Crippen LogP contribution in [0.15, 0.2) is 47.6 Å². The summed E-state index contributed by atoms with van der Waals surface area (Å²) >= 11 is 0. The SMILES string of the molecule is CO[C@H]1C[C@@H]2CC[C@@H](C)[C@@](O)(O2)C(=O)C(=O)N2CCCC[C@H]2C(=O)O[C@H]([C@H](C)C[C@@H]2CC[C@@H](OCC(C)(CO)CO)[C@H](OC)C2)CC(=O)[C@H](C)/C=C(\C)[C@@H](O)[C@@H](OC)C(=O)[C@H](C)C[C@H](C)/C=C/C=CC=C1C. The van der Waals surface area contributed by atoms with Gasteiger partial charge < -0.3 is 53.7 Å². The van der Waals surface area contributed by atoms with Crippen molar-refractivity contribution in [2.45, 2.75) is 187 Å². The third-order valence-electron chi connectivity index (χ3n) is 15.9. The number of Topliss-reactive ketones (excluding diaryl/α,β-unsaturated/α-hetero) is 3. The molecule has 1 aliphatic carbocycles. The molecule has 15 atom stereocenters. The summed E-state index contributed by atoms with van der Waals surface area (Å²) in [7, 11) is 4.56. The summed E-state index contributed by atoms with van der Waals surface area (Å²) in [5.41, 5.74) is 0.439. The number of nitrogens with zero attached hydrogens (tertiary/aromatic N) is 1. The van der Waals surface area contributed by atoms with Crippen molar-refractivity contribution in [2.24, 2.45) is 40.9 Å². The van der Waals surface area contributed by atoms with Gasteiger partial charge in [-0.1, -0.05) is 78.0 Å². The van der Waals surface area contributed by atoms with Crippen molar-refractivity contribution >= 4 is 29.2 Å². The summed E-state index contributed by atoms with van der Waals surface area (Å²) in [6.07, 6.45) is 11.4. The van der Waals surface area contributed by atoms with Gasteiger partial charge >= 0.3 is 5.97 Å². The van der Waals surface area contributed by atoms with Crippen LogP contribution in [0, 0.1) is 40.9 Å². The highest BCUT2D eigenvalue weighted by molar-refractivity contribution is 6.39. The van der Waals surface area contributed by atoms with Crippen molar-refractivity contribution in [3.8, 4) is 0 Å². The predicted molar refractivity (Wildman–Crippen MR) is 271 cm³/mol. The number of aliphatic hydroxyl groups is 4. The molecule has 16 heteroatoms. The first-order chi connectivity index (χ1) is 34.1. The van der Waals surface area contributed by atoms with Crippen molar-refractivity contribution in [3.63, 3.8) is 0 Å². The summed E-state index contributed by atoms with van der Waals surface area (Å²) in [4.78, 5) is 72.5. The van der Waals surface area contributed by atoms with Crippen LogP contribution in [0.25, 0.3) is 0 Å². The van der Waals surface area contributed by atoms with E-state index in [1.807, 2.05) is 58.1 Å². The number of carbonyl (C=O) groups excluding carboxylic acids is 5. The van der Waals surface area contributed by atoms with Gasteiger partial charge in [0.2, 0.25) is 5.79 Å². The molecule has 0 aromatic rings. The van der Waals surface area contributed by atoms with Gasteiger partial charge in [0, 0.05) is 63.9 Å². The van der Waals surface area contributed by atoms with E-state index in [1.165, 1.54) is 12.0 Å². The van der Waals surface area contributed by atoms with Crippen LogP contribution in [0.2, 0.25) is 0 Å². The number of ketones is 3. The van der Waals surface area contributed by atoms with Crippen molar-refractivity contribution in [1.82, 2.24) is 4.90 Å². The van der Waals surface area contributed by atoms with Crippen molar-refractivity contribution in [3.05, 3.63) is 47.6 Å². The number of amides is 1. The van der Waals surface area contributed by atoms with Gasteiger partial charge in [-0.15, -0.1) is 0 Å². The maximum Gasteiger partial charge on any atom is 0.329 e. The lowest BCUT2D eigenvalue weighted by Gasteiger charge is -2.42. The average Bonchev–Trinajstić information content (AvgIpc) is 3.37. The Morgan fingerprint density at radius 3 is 2.21 bits per heavy atom. The van der Waals surface area contributed by atoms with Gasteiger partial charge in [0.25, 0.3) is 11.7 Å². The Labute approximate surface area is 428 Å². The third-order valence-corrected chi connectivity index (χ3v) is 15.9. The fraction of sp³-hybridized carbons (Fsp3) is 0.768. The molecule has 0 aromatic heterocycles. The minimum absolute atomic E-state index is 0.00630. The molecule has 408 valence electrons. The standard InChI is InChI=1S/C56H89NO15/c1-34-17-13-12-14-18-35(2)46(67-9)29-42-22-20-40(7)56(66,72-42)52(63)53(64)57-24-16-15-19-43(57)54(65)71-47(30-44(60)36(3)26-39(6)50(62)51(69-11)49(61)38(5)25-34)37(4)27-41-21-23-45(48(28-41)68-10)70-33-55(8,31-58)32-59/h12-14,17-18,26,34,36-38,40-43,45-48,50-51,58-59,62,66H,15-16,19-25,27-33H2,1-11H3/b14-12?,17-13+,35-18?,39-26+/t34-,36-,37-,38-,40-,41+,42+,43+,45-,46+,47+,48-,50-,51+,56-/m1/s1. The van der Waals surface area contributed by atoms with Gasteiger partial charge in [-0.25, -0.2) is 4.79 Å². The van der Waals surface area contributed by atoms with E-state index in [4.69, 9.17) is 28.4 Å². The Bertz CT molecular complexity index is 1930. The number of cyclic esters (lactones) is 1. The molecule has 2 saturated heterocycles. The van der Waals surface area contributed by atoms with E-state index in [0.717, 1.165) is 12.0 Å². The van der Waals surface area contributed by atoms with E-state index >= 15 is 0 Å². The first kappa shape index (κ1) is 61.1. The lowest BCUT2D eigenvalue weighted by molar-refractivity contribution is -0.265. The number of rotatable bonds is 11. The second-order valence-electron chi connectivity index (χ2n) is 22.0. The Morgan fingerprint density at radius 1 is 0.847 bits per heavy atom. The predicted octanol–water partition coefficient (Wildman–Crippen LogP) is 6.20. The molecule has 0 spiro atoms. The molecular formula is C56H89NO15. The second-order valence-corrected chi connectivity index (χ2v) is 22.0. The van der Waals surface area contributed by atoms with Crippen molar-refractivity contribution < 1.29 is 72.8 Å². The zero-order chi connectivity index (χ0) is 53.5. The molecule has 3 fully saturated rings. The fourth-order valence-corrected chi connectivity index (χ4v) is 10.7. The molecule has 3 aliphatic heterocycles. The van der Waals surface area contributed by atoms with Crippen LogP contribution >= 0.6 is 0 Å². The first-order valence-electron chi connectivity index (χ1n) is 26.4. The van der Waals surface area contributed by atoms with Crippen LogP contribution in [-0.2, 0) is 52.4 Å². The quantitative estimate of drug-likeness (QED) is 0.103. The Balaban J connectivity index is 1.69. The van der Waals surface area contributed by atoms with Crippen molar-refractivity contribution in [2.75, 3.05) is 47.7 Å². The number of esters is 1. The van der Waals surface area contributed by atoms with Crippen LogP contribution in [-0.4, -0.2) is 157 Å². The van der Waals surface area contributed by atoms with E-state index in [9.17, 15) is 44.4 Å². The monoisotopic (exact) mass is 1020 g/mol. The number of carbonyl (C=O) groups is 5. The highest BCUT2D eigenvalue weighted by atomic mass is 16.6. The molecule has 72 heavy (non-hydrogen) atoms. The summed E-state index contributed by atoms with van der Waals surface area (Å²) < 4.78 is 36.0. The van der Waals surface area contributed by atoms with Gasteiger partial charge in [0.15, 0.2) is 5.78 Å². The molecular weight excluding hydrogens is 927 g/mol. The second kappa shape index (κ2) is 28.4. The smallest absolute Gasteiger partial charge is 0.329 e. The highest BCUT2D eigenvalue weighted by Gasteiger charge is 2.53. The van der Waals surface area contributed by atoms with Gasteiger partial charge in [0.1, 0.15) is 30.1 Å². The molecule has 0 radical (unpaired) electrons. The largest absolute Gasteiger partial charge is 0.460 e. The van der Waals surface area contributed by atoms with E-state index in [1.54, 1.807) is 48.0 Å². The molecule has 1 amide bonds. The van der Waals surface area contributed by atoms with E-state index < -0.39 is 83.2 Å². The summed E-state index contributed by atoms with van der Waals surface area (Å²) in [5.74, 6) is -8.19. The lowest BCUT2D eigenvalue weighted by Crippen LogP contribution is -2.61. The lowest BCUT2D eigenvalue weighted by atomic mass is 9.78. The summed E-state index contributed by atoms with van der Waals surface area (Å²) in [6, 6.07) is -1.17. The normalized spacial score (nSPS) is 36.7. The van der Waals surface area contributed by atoms with E-state index in [-0.39, 0.29) is 80.7 Å². The summed E-state index contributed by atoms with van der Waals surface area (Å²) in [5, 5.41) is 43.2. The Kier molecular flexibility index (Phi) is 24.1. The van der Waals surface area contributed by atoms with Gasteiger partial charge in [-0.3, -0.25) is 19.2 Å². The van der Waals surface area contributed by atoms with Gasteiger partial charge in [-0.2, -0.15) is 0 Å². The Morgan fingerprint density at radius 2 is 1.56 bits per heavy atom. The molecule has 4 N–H and O–H groups in total. The molecule has 3 heterocycles. The number of piperidine rings is 1. The number of methoxy groups -OCH3 is 3. The van der Waals surface area contributed by atoms with Gasteiger partial charge in [0.05, 0.1) is 44.2 Å². The Hall–Kier alpha value is -3.45. The molecule has 16 nitrogen and oxygen atoms in total. The van der Waals surface area contributed by atoms with Crippen LogP contribution in [0.5, 0.6) is 0 Å². The van der Waals surface area contributed by atoms with Crippen LogP contribution in [0.1, 0.15) is 132 Å². The zero-order valence-corrected chi connectivity index (χ0v) is 45.1. The van der Waals surface area contributed by atoms with Crippen LogP contribution < -0.4 is 0 Å². The average molecular weight is 1020 g/mol. The number of ether oxygens (including phenoxy) is 6. The number of hydrogen-bond donors (Lipinski definition) is 4. The maximum absolute atomic E-state index is 14.5.